The van der Waals surface area contributed by atoms with Gasteiger partial charge in [0.1, 0.15) is 5.52 Å². The van der Waals surface area contributed by atoms with Crippen LogP contribution in [0.5, 0.6) is 0 Å². The van der Waals surface area contributed by atoms with Crippen molar-refractivity contribution in [1.82, 2.24) is 30.0 Å². The first kappa shape index (κ1) is 18.7. The third-order valence-corrected chi connectivity index (χ3v) is 6.24. The van der Waals surface area contributed by atoms with Gasteiger partial charge in [0.25, 0.3) is 5.56 Å². The van der Waals surface area contributed by atoms with E-state index in [1.165, 1.54) is 5.56 Å². The Morgan fingerprint density at radius 3 is 2.70 bits per heavy atom. The van der Waals surface area contributed by atoms with Gasteiger partial charge in [0.05, 0.1) is 28.4 Å². The van der Waals surface area contributed by atoms with Gasteiger partial charge in [0.15, 0.2) is 0 Å². The molecule has 8 heteroatoms. The summed E-state index contributed by atoms with van der Waals surface area (Å²) < 4.78 is 0. The average Bonchev–Trinajstić information content (AvgIpc) is 3.22. The van der Waals surface area contributed by atoms with Crippen molar-refractivity contribution < 1.29 is 0 Å². The molecular weight excluding hydrogens is 378 g/mol. The maximum Gasteiger partial charge on any atom is 0.250 e. The Morgan fingerprint density at radius 1 is 1.07 bits per heavy atom. The minimum atomic E-state index is -0.105. The molecule has 3 aromatic heterocycles. The summed E-state index contributed by atoms with van der Waals surface area (Å²) in [7, 11) is 0. The Morgan fingerprint density at radius 2 is 1.87 bits per heavy atom. The largest absolute Gasteiger partial charge is 0.364 e. The number of H-pyrrole nitrogens is 2. The number of hydrogen-bond donors (Lipinski definition) is 2. The minimum absolute atomic E-state index is 0.105. The lowest BCUT2D eigenvalue weighted by Crippen LogP contribution is -2.57. The van der Waals surface area contributed by atoms with E-state index in [9.17, 15) is 4.79 Å². The molecule has 8 nitrogen and oxygen atoms in total. The predicted octanol–water partition coefficient (Wildman–Crippen LogP) is 2.85. The van der Waals surface area contributed by atoms with Gasteiger partial charge in [-0.15, -0.1) is 0 Å². The fraction of sp³-hybridized carbons (Fsp3) is 0.364. The van der Waals surface area contributed by atoms with Crippen molar-refractivity contribution in [2.24, 2.45) is 0 Å². The van der Waals surface area contributed by atoms with Gasteiger partial charge in [-0.25, -0.2) is 0 Å². The van der Waals surface area contributed by atoms with Crippen LogP contribution in [0, 0.1) is 0 Å². The number of fused-ring (bicyclic) bond motifs is 2. The Labute approximate surface area is 174 Å². The molecule has 4 aromatic rings. The molecule has 1 aliphatic heterocycles. The summed E-state index contributed by atoms with van der Waals surface area (Å²) in [6.07, 6.45) is 5.12. The van der Waals surface area contributed by atoms with E-state index in [0.29, 0.717) is 6.04 Å². The van der Waals surface area contributed by atoms with Gasteiger partial charge in [-0.05, 0) is 38.5 Å². The smallest absolute Gasteiger partial charge is 0.250 e. The van der Waals surface area contributed by atoms with Crippen LogP contribution in [0.1, 0.15) is 32.4 Å². The number of hydrogen-bond acceptors (Lipinski definition) is 6. The molecule has 0 unspecified atom stereocenters. The quantitative estimate of drug-likeness (QED) is 0.546. The van der Waals surface area contributed by atoms with Crippen molar-refractivity contribution in [3.63, 3.8) is 0 Å². The highest BCUT2D eigenvalue weighted by atomic mass is 16.1. The standard InChI is InChI=1S/C22H25N7O/c1-13-12-29(20-9-21(30)26-19-10-25-27-22(19)20)14(2)11-28(13)15(3)16-4-5-17-18(8-16)24-7-6-23-17/h4-10,13-15H,11-12H2,1-3H3,(H,25,27)(H,26,30)/t13-,14+,15-/m1/s1. The molecule has 1 fully saturated rings. The van der Waals surface area contributed by atoms with E-state index in [-0.39, 0.29) is 17.6 Å². The molecule has 0 bridgehead atoms. The first-order valence-electron chi connectivity index (χ1n) is 10.3. The molecule has 1 aliphatic rings. The highest BCUT2D eigenvalue weighted by Crippen LogP contribution is 2.32. The third-order valence-electron chi connectivity index (χ3n) is 6.24. The predicted molar refractivity (Wildman–Crippen MR) is 118 cm³/mol. The zero-order chi connectivity index (χ0) is 20.8. The van der Waals surface area contributed by atoms with Crippen LogP contribution in [0.15, 0.2) is 47.7 Å². The van der Waals surface area contributed by atoms with Gasteiger partial charge in [-0.3, -0.25) is 24.8 Å². The van der Waals surface area contributed by atoms with Gasteiger partial charge < -0.3 is 9.88 Å². The lowest BCUT2D eigenvalue weighted by molar-refractivity contribution is 0.119. The van der Waals surface area contributed by atoms with Gasteiger partial charge in [-0.1, -0.05) is 6.07 Å². The number of anilines is 1. The molecule has 0 radical (unpaired) electrons. The van der Waals surface area contributed by atoms with Crippen molar-refractivity contribution in [1.29, 1.82) is 0 Å². The monoisotopic (exact) mass is 403 g/mol. The molecule has 0 aliphatic carbocycles. The molecular formula is C22H25N7O. The van der Waals surface area contributed by atoms with Gasteiger partial charge in [0.2, 0.25) is 0 Å². The van der Waals surface area contributed by atoms with E-state index < -0.39 is 0 Å². The molecule has 4 heterocycles. The summed E-state index contributed by atoms with van der Waals surface area (Å²) in [6.45, 7) is 8.42. The molecule has 3 atom stereocenters. The topological polar surface area (TPSA) is 93.8 Å². The van der Waals surface area contributed by atoms with Crippen molar-refractivity contribution in [3.05, 3.63) is 58.8 Å². The molecule has 1 saturated heterocycles. The van der Waals surface area contributed by atoms with Crippen LogP contribution >= 0.6 is 0 Å². The second-order valence-electron chi connectivity index (χ2n) is 8.21. The first-order chi connectivity index (χ1) is 14.5. The number of rotatable bonds is 3. The van der Waals surface area contributed by atoms with Crippen molar-refractivity contribution in [2.75, 3.05) is 18.0 Å². The lowest BCUT2D eigenvalue weighted by atomic mass is 10.00. The van der Waals surface area contributed by atoms with E-state index in [1.807, 2.05) is 6.07 Å². The maximum absolute atomic E-state index is 12.2. The number of aromatic nitrogens is 5. The zero-order valence-electron chi connectivity index (χ0n) is 17.3. The summed E-state index contributed by atoms with van der Waals surface area (Å²) >= 11 is 0. The Balaban J connectivity index is 1.43. The number of nitrogens with zero attached hydrogens (tertiary/aromatic N) is 5. The normalized spacial score (nSPS) is 21.4. The maximum atomic E-state index is 12.2. The van der Waals surface area contributed by atoms with Crippen LogP contribution in [0.25, 0.3) is 22.1 Å². The van der Waals surface area contributed by atoms with E-state index in [2.05, 4.69) is 67.9 Å². The highest BCUT2D eigenvalue weighted by Gasteiger charge is 2.33. The van der Waals surface area contributed by atoms with Crippen LogP contribution in [-0.4, -0.2) is 55.2 Å². The molecule has 2 N–H and O–H groups in total. The van der Waals surface area contributed by atoms with Crippen LogP contribution in [-0.2, 0) is 0 Å². The number of benzene rings is 1. The van der Waals surface area contributed by atoms with Crippen LogP contribution in [0.4, 0.5) is 5.69 Å². The SMILES string of the molecule is C[C@@H]1CN(c2cc(=O)[nH]c3cn[nH]c23)[C@@H](C)CN1[C@H](C)c1ccc2nccnc2c1. The molecule has 0 spiro atoms. The average molecular weight is 403 g/mol. The Hall–Kier alpha value is -3.26. The molecule has 0 saturated carbocycles. The Bertz CT molecular complexity index is 1260. The summed E-state index contributed by atoms with van der Waals surface area (Å²) in [5.41, 5.74) is 5.51. The molecule has 5 rings (SSSR count). The highest BCUT2D eigenvalue weighted by molar-refractivity contribution is 5.87. The fourth-order valence-electron chi connectivity index (χ4n) is 4.63. The molecule has 30 heavy (non-hydrogen) atoms. The van der Waals surface area contributed by atoms with Gasteiger partial charge >= 0.3 is 0 Å². The van der Waals surface area contributed by atoms with Crippen LogP contribution in [0.2, 0.25) is 0 Å². The van der Waals surface area contributed by atoms with E-state index >= 15 is 0 Å². The summed E-state index contributed by atoms with van der Waals surface area (Å²) in [6, 6.07) is 8.82. The summed E-state index contributed by atoms with van der Waals surface area (Å²) in [4.78, 5) is 28.7. The number of nitrogens with one attached hydrogen (secondary N) is 2. The third kappa shape index (κ3) is 3.13. The van der Waals surface area contributed by atoms with E-state index in [1.54, 1.807) is 24.7 Å². The number of pyridine rings is 1. The second-order valence-corrected chi connectivity index (χ2v) is 8.21. The van der Waals surface area contributed by atoms with Crippen LogP contribution < -0.4 is 10.5 Å². The van der Waals surface area contributed by atoms with E-state index in [4.69, 9.17) is 0 Å². The van der Waals surface area contributed by atoms with Crippen molar-refractivity contribution >= 4 is 27.8 Å². The van der Waals surface area contributed by atoms with E-state index in [0.717, 1.165) is 40.8 Å². The summed E-state index contributed by atoms with van der Waals surface area (Å²) in [5, 5.41) is 7.14. The van der Waals surface area contributed by atoms with Gasteiger partial charge in [-0.2, -0.15) is 5.10 Å². The van der Waals surface area contributed by atoms with Gasteiger partial charge in [0, 0.05) is 49.7 Å². The lowest BCUT2D eigenvalue weighted by Gasteiger charge is -2.47. The van der Waals surface area contributed by atoms with Crippen molar-refractivity contribution in [2.45, 2.75) is 38.9 Å². The molecule has 0 amide bonds. The fourth-order valence-corrected chi connectivity index (χ4v) is 4.63. The van der Waals surface area contributed by atoms with Crippen molar-refractivity contribution in [3.8, 4) is 0 Å². The molecule has 1 aromatic carbocycles. The minimum Gasteiger partial charge on any atom is -0.364 e. The van der Waals surface area contributed by atoms with Crippen LogP contribution in [0.3, 0.4) is 0 Å². The molecule has 154 valence electrons. The first-order valence-corrected chi connectivity index (χ1v) is 10.3. The second kappa shape index (κ2) is 7.21. The summed E-state index contributed by atoms with van der Waals surface area (Å²) in [5.74, 6) is 0. The Kier molecular flexibility index (Phi) is 4.51. The zero-order valence-corrected chi connectivity index (χ0v) is 17.3. The number of aromatic amines is 2. The number of piperazine rings is 1.